The van der Waals surface area contributed by atoms with Crippen molar-refractivity contribution >= 4 is 23.4 Å². The fourth-order valence-corrected chi connectivity index (χ4v) is 2.66. The van der Waals surface area contributed by atoms with Gasteiger partial charge in [-0.25, -0.2) is 4.68 Å². The summed E-state index contributed by atoms with van der Waals surface area (Å²) in [5.41, 5.74) is -0.237. The highest BCUT2D eigenvalue weighted by atomic mass is 35.5. The molecule has 1 aromatic rings. The highest BCUT2D eigenvalue weighted by molar-refractivity contribution is 7.99. The third-order valence-electron chi connectivity index (χ3n) is 2.61. The number of thioether (sulfide) groups is 1. The first-order valence-corrected chi connectivity index (χ1v) is 7.03. The second kappa shape index (κ2) is 7.03. The van der Waals surface area contributed by atoms with E-state index in [1.54, 1.807) is 25.0 Å². The molecule has 1 heterocycles. The lowest BCUT2D eigenvalue weighted by Crippen LogP contribution is -2.25. The zero-order valence-electron chi connectivity index (χ0n) is 10.4. The molecule has 0 spiro atoms. The van der Waals surface area contributed by atoms with Crippen LogP contribution >= 0.6 is 23.4 Å². The molecule has 1 rings (SSSR count). The number of aromatic nitrogens is 2. The van der Waals surface area contributed by atoms with E-state index in [1.807, 2.05) is 0 Å². The molecule has 17 heavy (non-hydrogen) atoms. The molecule has 0 aliphatic rings. The summed E-state index contributed by atoms with van der Waals surface area (Å²) in [6, 6.07) is 0. The van der Waals surface area contributed by atoms with Crippen LogP contribution in [0, 0.1) is 0 Å². The van der Waals surface area contributed by atoms with Crippen LogP contribution in [0.15, 0.2) is 15.9 Å². The molecule has 0 atom stereocenters. The summed E-state index contributed by atoms with van der Waals surface area (Å²) in [4.78, 5) is 14.6. The van der Waals surface area contributed by atoms with E-state index in [9.17, 15) is 4.79 Å². The van der Waals surface area contributed by atoms with E-state index >= 15 is 0 Å². The van der Waals surface area contributed by atoms with Crippen LogP contribution in [0.25, 0.3) is 0 Å². The molecule has 0 aromatic carbocycles. The first-order valence-electron chi connectivity index (χ1n) is 5.67. The fraction of sp³-hybridized carbons (Fsp3) is 0.636. The molecule has 0 aliphatic carbocycles. The van der Waals surface area contributed by atoms with Gasteiger partial charge in [0.2, 0.25) is 0 Å². The first-order chi connectivity index (χ1) is 8.10. The van der Waals surface area contributed by atoms with E-state index in [1.165, 1.54) is 4.68 Å². The average molecular weight is 276 g/mol. The highest BCUT2D eigenvalue weighted by Crippen LogP contribution is 2.22. The van der Waals surface area contributed by atoms with Crippen LogP contribution in [-0.2, 0) is 7.05 Å². The summed E-state index contributed by atoms with van der Waals surface area (Å²) in [5.74, 6) is 0.913. The van der Waals surface area contributed by atoms with Crippen molar-refractivity contribution in [3.63, 3.8) is 0 Å². The Kier molecular flexibility index (Phi) is 6.02. The van der Waals surface area contributed by atoms with E-state index in [2.05, 4.69) is 23.8 Å². The molecule has 6 heteroatoms. The van der Waals surface area contributed by atoms with Crippen molar-refractivity contribution in [2.75, 3.05) is 25.4 Å². The van der Waals surface area contributed by atoms with Crippen LogP contribution in [0.1, 0.15) is 13.8 Å². The molecule has 96 valence electrons. The Balaban J connectivity index is 2.59. The van der Waals surface area contributed by atoms with Crippen LogP contribution in [0.4, 0.5) is 0 Å². The normalized spacial score (nSPS) is 11.1. The Morgan fingerprint density at radius 3 is 2.71 bits per heavy atom. The van der Waals surface area contributed by atoms with Crippen molar-refractivity contribution in [1.29, 1.82) is 0 Å². The summed E-state index contributed by atoms with van der Waals surface area (Å²) < 4.78 is 1.25. The number of rotatable bonds is 6. The molecule has 0 saturated carbocycles. The first kappa shape index (κ1) is 14.5. The van der Waals surface area contributed by atoms with Gasteiger partial charge in [0.05, 0.1) is 11.1 Å². The van der Waals surface area contributed by atoms with Crippen LogP contribution in [-0.4, -0.2) is 40.1 Å². The Labute approximate surface area is 111 Å². The Morgan fingerprint density at radius 2 is 2.12 bits per heavy atom. The van der Waals surface area contributed by atoms with E-state index in [-0.39, 0.29) is 10.6 Å². The zero-order valence-corrected chi connectivity index (χ0v) is 12.0. The molecule has 0 aliphatic heterocycles. The van der Waals surface area contributed by atoms with E-state index in [4.69, 9.17) is 11.6 Å². The molecule has 4 nitrogen and oxygen atoms in total. The van der Waals surface area contributed by atoms with Crippen molar-refractivity contribution in [2.24, 2.45) is 7.05 Å². The topological polar surface area (TPSA) is 38.1 Å². The molecule has 0 saturated heterocycles. The van der Waals surface area contributed by atoms with Gasteiger partial charge in [-0.15, -0.1) is 11.8 Å². The van der Waals surface area contributed by atoms with Crippen molar-refractivity contribution < 1.29 is 0 Å². The molecule has 0 fully saturated rings. The number of hydrogen-bond donors (Lipinski definition) is 0. The summed E-state index contributed by atoms with van der Waals surface area (Å²) in [6.07, 6.45) is 1.65. The quantitative estimate of drug-likeness (QED) is 0.743. The van der Waals surface area contributed by atoms with Gasteiger partial charge in [-0.05, 0) is 13.1 Å². The molecule has 1 aromatic heterocycles. The van der Waals surface area contributed by atoms with Gasteiger partial charge in [-0.3, -0.25) is 4.79 Å². The van der Waals surface area contributed by atoms with Crippen LogP contribution in [0.5, 0.6) is 0 Å². The van der Waals surface area contributed by atoms with Gasteiger partial charge >= 0.3 is 0 Å². The number of hydrogen-bond acceptors (Lipinski definition) is 4. The largest absolute Gasteiger partial charge is 0.303 e. The van der Waals surface area contributed by atoms with E-state index in [0.717, 1.165) is 30.3 Å². The lowest BCUT2D eigenvalue weighted by molar-refractivity contribution is 0.324. The van der Waals surface area contributed by atoms with Gasteiger partial charge in [0.25, 0.3) is 5.56 Å². The average Bonchev–Trinajstić information content (AvgIpc) is 2.34. The van der Waals surface area contributed by atoms with E-state index in [0.29, 0.717) is 0 Å². The van der Waals surface area contributed by atoms with E-state index < -0.39 is 0 Å². The van der Waals surface area contributed by atoms with Crippen molar-refractivity contribution in [3.05, 3.63) is 21.6 Å². The minimum Gasteiger partial charge on any atom is -0.303 e. The Morgan fingerprint density at radius 1 is 1.47 bits per heavy atom. The van der Waals surface area contributed by atoms with Crippen LogP contribution < -0.4 is 5.56 Å². The second-order valence-electron chi connectivity index (χ2n) is 3.63. The Bertz CT molecular complexity index is 418. The monoisotopic (exact) mass is 275 g/mol. The predicted molar refractivity (Wildman–Crippen MR) is 73.0 cm³/mol. The lowest BCUT2D eigenvalue weighted by Gasteiger charge is -2.17. The maximum absolute atomic E-state index is 11.5. The molecule has 0 amide bonds. The number of nitrogens with zero attached hydrogens (tertiary/aromatic N) is 3. The third-order valence-corrected chi connectivity index (χ3v) is 4.09. The summed E-state index contributed by atoms with van der Waals surface area (Å²) in [5, 5.41) is 4.23. The van der Waals surface area contributed by atoms with Crippen molar-refractivity contribution in [2.45, 2.75) is 18.7 Å². The minimum atomic E-state index is -0.237. The molecule has 0 unspecified atom stereocenters. The van der Waals surface area contributed by atoms with Crippen LogP contribution in [0.2, 0.25) is 5.02 Å². The zero-order chi connectivity index (χ0) is 12.8. The molecular formula is C11H18ClN3OS. The molecule has 0 N–H and O–H groups in total. The minimum absolute atomic E-state index is 0.237. The standard InChI is InChI=1S/C11H18ClN3OS/c1-4-15(5-2)6-7-17-9-8-13-14(3)11(16)10(9)12/h8H,4-7H2,1-3H3. The van der Waals surface area contributed by atoms with Gasteiger partial charge < -0.3 is 4.90 Å². The van der Waals surface area contributed by atoms with Gasteiger partial charge in [0.15, 0.2) is 0 Å². The predicted octanol–water partition coefficient (Wildman–Crippen LogP) is 1.87. The lowest BCUT2D eigenvalue weighted by atomic mass is 10.5. The van der Waals surface area contributed by atoms with Gasteiger partial charge in [-0.2, -0.15) is 5.10 Å². The fourth-order valence-electron chi connectivity index (χ4n) is 1.42. The Hall–Kier alpha value is -0.520. The maximum atomic E-state index is 11.5. The van der Waals surface area contributed by atoms with Gasteiger partial charge in [0.1, 0.15) is 5.02 Å². The molecule has 0 bridgehead atoms. The maximum Gasteiger partial charge on any atom is 0.286 e. The third kappa shape index (κ3) is 4.01. The van der Waals surface area contributed by atoms with Gasteiger partial charge in [-0.1, -0.05) is 25.4 Å². The highest BCUT2D eigenvalue weighted by Gasteiger charge is 2.08. The summed E-state index contributed by atoms with van der Waals surface area (Å²) >= 11 is 7.55. The van der Waals surface area contributed by atoms with Crippen molar-refractivity contribution in [3.8, 4) is 0 Å². The SMILES string of the molecule is CCN(CC)CCSc1cnn(C)c(=O)c1Cl. The summed E-state index contributed by atoms with van der Waals surface area (Å²) in [7, 11) is 1.60. The second-order valence-corrected chi connectivity index (χ2v) is 5.14. The van der Waals surface area contributed by atoms with Gasteiger partial charge in [0, 0.05) is 19.3 Å². The van der Waals surface area contributed by atoms with Crippen LogP contribution in [0.3, 0.4) is 0 Å². The van der Waals surface area contributed by atoms with Crippen molar-refractivity contribution in [1.82, 2.24) is 14.7 Å². The summed E-state index contributed by atoms with van der Waals surface area (Å²) in [6.45, 7) is 7.35. The molecular weight excluding hydrogens is 258 g/mol. The number of halogens is 1. The molecule has 0 radical (unpaired) electrons. The smallest absolute Gasteiger partial charge is 0.286 e. The number of aryl methyl sites for hydroxylation is 1.